The van der Waals surface area contributed by atoms with Gasteiger partial charge in [-0.3, -0.25) is 9.79 Å². The summed E-state index contributed by atoms with van der Waals surface area (Å²) in [6.07, 6.45) is -0.0460. The molecule has 0 saturated heterocycles. The molecule has 1 aromatic rings. The normalized spacial score (nSPS) is 10.1. The molecule has 98 valence electrons. The molecule has 18 heavy (non-hydrogen) atoms. The maximum atomic E-state index is 14.0. The van der Waals surface area contributed by atoms with E-state index in [-0.39, 0.29) is 12.2 Å². The van der Waals surface area contributed by atoms with Crippen molar-refractivity contribution in [2.24, 2.45) is 4.99 Å². The van der Waals surface area contributed by atoms with Gasteiger partial charge in [-0.15, -0.1) is 0 Å². The molecule has 1 rings (SSSR count). The molecule has 0 aliphatic rings. The summed E-state index contributed by atoms with van der Waals surface area (Å²) in [7, 11) is 0. The number of carbonyl (C=O) groups is 1. The number of aliphatic imine (C=N–C) groups is 1. The van der Waals surface area contributed by atoms with E-state index in [9.17, 15) is 9.18 Å². The highest BCUT2D eigenvalue weighted by atomic mass is 19.1. The van der Waals surface area contributed by atoms with Gasteiger partial charge >= 0.3 is 5.97 Å². The van der Waals surface area contributed by atoms with Crippen LogP contribution in [0.15, 0.2) is 17.1 Å². The SMILES string of the molecule is CCOC(=O)Cc1ccc(N=C(C)C)c(C)c1F. The largest absolute Gasteiger partial charge is 0.466 e. The van der Waals surface area contributed by atoms with Crippen LogP contribution in [0.2, 0.25) is 0 Å². The first-order valence-corrected chi connectivity index (χ1v) is 5.91. The molecular formula is C14H18FNO2. The third-order valence-corrected chi connectivity index (χ3v) is 2.42. The lowest BCUT2D eigenvalue weighted by atomic mass is 10.1. The van der Waals surface area contributed by atoms with Crippen LogP contribution >= 0.6 is 0 Å². The second kappa shape index (κ2) is 6.28. The van der Waals surface area contributed by atoms with Crippen LogP contribution in [-0.2, 0) is 16.0 Å². The Labute approximate surface area is 107 Å². The summed E-state index contributed by atoms with van der Waals surface area (Å²) < 4.78 is 18.8. The average Bonchev–Trinajstić information content (AvgIpc) is 2.29. The molecule has 0 aliphatic heterocycles. The summed E-state index contributed by atoms with van der Waals surface area (Å²) in [5.41, 5.74) is 2.26. The molecule has 0 spiro atoms. The van der Waals surface area contributed by atoms with E-state index in [0.717, 1.165) is 5.71 Å². The smallest absolute Gasteiger partial charge is 0.310 e. The first kappa shape index (κ1) is 14.4. The molecule has 0 aromatic heterocycles. The molecule has 4 heteroatoms. The van der Waals surface area contributed by atoms with Crippen LogP contribution in [0.25, 0.3) is 0 Å². The molecule has 0 aliphatic carbocycles. The van der Waals surface area contributed by atoms with Crippen molar-refractivity contribution in [2.45, 2.75) is 34.1 Å². The molecule has 1 aromatic carbocycles. The average molecular weight is 251 g/mol. The number of nitrogens with zero attached hydrogens (tertiary/aromatic N) is 1. The van der Waals surface area contributed by atoms with Crippen molar-refractivity contribution in [3.05, 3.63) is 29.1 Å². The van der Waals surface area contributed by atoms with E-state index >= 15 is 0 Å². The van der Waals surface area contributed by atoms with Gasteiger partial charge in [-0.05, 0) is 39.3 Å². The Hall–Kier alpha value is -1.71. The summed E-state index contributed by atoms with van der Waals surface area (Å²) in [6, 6.07) is 3.31. The van der Waals surface area contributed by atoms with E-state index in [0.29, 0.717) is 23.4 Å². The zero-order valence-electron chi connectivity index (χ0n) is 11.2. The Bertz CT molecular complexity index is 477. The highest BCUT2D eigenvalue weighted by molar-refractivity contribution is 5.82. The molecule has 0 unspecified atom stereocenters. The van der Waals surface area contributed by atoms with Gasteiger partial charge < -0.3 is 4.74 Å². The van der Waals surface area contributed by atoms with Crippen molar-refractivity contribution >= 4 is 17.4 Å². The van der Waals surface area contributed by atoms with Gasteiger partial charge in [0.1, 0.15) is 5.82 Å². The topological polar surface area (TPSA) is 38.7 Å². The first-order chi connectivity index (χ1) is 8.45. The maximum Gasteiger partial charge on any atom is 0.310 e. The fourth-order valence-corrected chi connectivity index (χ4v) is 1.60. The van der Waals surface area contributed by atoms with Crippen LogP contribution in [-0.4, -0.2) is 18.3 Å². The van der Waals surface area contributed by atoms with Crippen molar-refractivity contribution in [2.75, 3.05) is 6.61 Å². The number of rotatable bonds is 4. The van der Waals surface area contributed by atoms with Gasteiger partial charge in [0, 0.05) is 11.3 Å². The predicted molar refractivity (Wildman–Crippen MR) is 69.9 cm³/mol. The number of hydrogen-bond acceptors (Lipinski definition) is 3. The van der Waals surface area contributed by atoms with E-state index < -0.39 is 5.97 Å². The summed E-state index contributed by atoms with van der Waals surface area (Å²) in [5.74, 6) is -0.802. The Morgan fingerprint density at radius 3 is 2.61 bits per heavy atom. The Morgan fingerprint density at radius 2 is 2.06 bits per heavy atom. The fraction of sp³-hybridized carbons (Fsp3) is 0.429. The maximum absolute atomic E-state index is 14.0. The zero-order valence-corrected chi connectivity index (χ0v) is 11.2. The van der Waals surface area contributed by atoms with Crippen LogP contribution in [0.5, 0.6) is 0 Å². The van der Waals surface area contributed by atoms with Gasteiger partial charge in [-0.1, -0.05) is 6.07 Å². The van der Waals surface area contributed by atoms with Crippen LogP contribution in [0.1, 0.15) is 31.9 Å². The second-order valence-electron chi connectivity index (χ2n) is 4.22. The van der Waals surface area contributed by atoms with Crippen LogP contribution in [0.4, 0.5) is 10.1 Å². The lowest BCUT2D eigenvalue weighted by Gasteiger charge is -2.08. The number of carbonyl (C=O) groups excluding carboxylic acids is 1. The molecule has 3 nitrogen and oxygen atoms in total. The molecular weight excluding hydrogens is 233 g/mol. The molecule has 0 amide bonds. The van der Waals surface area contributed by atoms with Crippen LogP contribution in [0.3, 0.4) is 0 Å². The summed E-state index contributed by atoms with van der Waals surface area (Å²) >= 11 is 0. The van der Waals surface area contributed by atoms with E-state index in [1.807, 2.05) is 13.8 Å². The lowest BCUT2D eigenvalue weighted by molar-refractivity contribution is -0.142. The van der Waals surface area contributed by atoms with Gasteiger partial charge in [0.05, 0.1) is 18.7 Å². The zero-order chi connectivity index (χ0) is 13.7. The molecule has 0 N–H and O–H groups in total. The predicted octanol–water partition coefficient (Wildman–Crippen LogP) is 3.35. The quantitative estimate of drug-likeness (QED) is 0.608. The number of halogens is 1. The number of ether oxygens (including phenoxy) is 1. The van der Waals surface area contributed by atoms with Crippen molar-refractivity contribution in [1.82, 2.24) is 0 Å². The number of benzene rings is 1. The Kier molecular flexibility index (Phi) is 5.01. The van der Waals surface area contributed by atoms with Gasteiger partial charge in [0.2, 0.25) is 0 Å². The minimum atomic E-state index is -0.418. The molecule has 0 bridgehead atoms. The van der Waals surface area contributed by atoms with E-state index in [2.05, 4.69) is 4.99 Å². The monoisotopic (exact) mass is 251 g/mol. The van der Waals surface area contributed by atoms with Crippen molar-refractivity contribution < 1.29 is 13.9 Å². The van der Waals surface area contributed by atoms with Crippen LogP contribution < -0.4 is 0 Å². The van der Waals surface area contributed by atoms with Crippen molar-refractivity contribution in [1.29, 1.82) is 0 Å². The highest BCUT2D eigenvalue weighted by Crippen LogP contribution is 2.24. The minimum Gasteiger partial charge on any atom is -0.466 e. The molecule has 0 atom stereocenters. The fourth-order valence-electron chi connectivity index (χ4n) is 1.60. The standard InChI is InChI=1S/C14H18FNO2/c1-5-18-13(17)8-11-6-7-12(16-9(2)3)10(4)14(11)15/h6-7H,5,8H2,1-4H3. The third-order valence-electron chi connectivity index (χ3n) is 2.42. The van der Waals surface area contributed by atoms with E-state index in [1.165, 1.54) is 0 Å². The Balaban J connectivity index is 3.01. The summed E-state index contributed by atoms with van der Waals surface area (Å²) in [5, 5.41) is 0. The molecule has 0 saturated carbocycles. The molecule has 0 fully saturated rings. The Morgan fingerprint density at radius 1 is 1.39 bits per heavy atom. The molecule has 0 radical (unpaired) electrons. The number of hydrogen-bond donors (Lipinski definition) is 0. The van der Waals surface area contributed by atoms with Gasteiger partial charge in [-0.25, -0.2) is 4.39 Å². The second-order valence-corrected chi connectivity index (χ2v) is 4.22. The van der Waals surface area contributed by atoms with E-state index in [1.54, 1.807) is 26.0 Å². The van der Waals surface area contributed by atoms with Crippen molar-refractivity contribution in [3.63, 3.8) is 0 Å². The first-order valence-electron chi connectivity index (χ1n) is 5.91. The van der Waals surface area contributed by atoms with Crippen molar-refractivity contribution in [3.8, 4) is 0 Å². The third kappa shape index (κ3) is 3.65. The lowest BCUT2D eigenvalue weighted by Crippen LogP contribution is -2.09. The van der Waals surface area contributed by atoms with Gasteiger partial charge in [0.25, 0.3) is 0 Å². The molecule has 0 heterocycles. The van der Waals surface area contributed by atoms with Gasteiger partial charge in [-0.2, -0.15) is 0 Å². The highest BCUT2D eigenvalue weighted by Gasteiger charge is 2.13. The van der Waals surface area contributed by atoms with E-state index in [4.69, 9.17) is 4.74 Å². The summed E-state index contributed by atoms with van der Waals surface area (Å²) in [6.45, 7) is 7.39. The van der Waals surface area contributed by atoms with Crippen LogP contribution in [0, 0.1) is 12.7 Å². The summed E-state index contributed by atoms with van der Waals surface area (Å²) in [4.78, 5) is 15.6. The number of esters is 1. The van der Waals surface area contributed by atoms with Gasteiger partial charge in [0.15, 0.2) is 0 Å². The minimum absolute atomic E-state index is 0.0460.